The Balaban J connectivity index is 1.44. The minimum absolute atomic E-state index is 0.113. The van der Waals surface area contributed by atoms with Crippen LogP contribution in [0.3, 0.4) is 0 Å². The van der Waals surface area contributed by atoms with Gasteiger partial charge in [-0.15, -0.1) is 0 Å². The molecule has 0 saturated carbocycles. The van der Waals surface area contributed by atoms with E-state index in [2.05, 4.69) is 10.3 Å². The topological polar surface area (TPSA) is 89.7 Å². The van der Waals surface area contributed by atoms with Crippen LogP contribution in [-0.4, -0.2) is 36.2 Å². The van der Waals surface area contributed by atoms with Crippen LogP contribution in [0.2, 0.25) is 5.02 Å². The molecule has 0 saturated heterocycles. The first-order valence-corrected chi connectivity index (χ1v) is 9.08. The van der Waals surface area contributed by atoms with Crippen molar-refractivity contribution < 1.29 is 23.8 Å². The zero-order valence-corrected chi connectivity index (χ0v) is 15.7. The molecule has 8 heteroatoms. The molecule has 144 valence electrons. The highest BCUT2D eigenvalue weighted by Crippen LogP contribution is 2.32. The molecule has 0 spiro atoms. The molecule has 28 heavy (non-hydrogen) atoms. The first-order chi connectivity index (χ1) is 13.5. The van der Waals surface area contributed by atoms with Gasteiger partial charge in [-0.25, -0.2) is 4.79 Å². The molecule has 0 aliphatic carbocycles. The molecule has 1 unspecified atom stereocenters. The first kappa shape index (κ1) is 18.2. The molecule has 2 aromatic carbocycles. The van der Waals surface area contributed by atoms with Crippen LogP contribution in [0, 0.1) is 0 Å². The van der Waals surface area contributed by atoms with E-state index >= 15 is 0 Å². The number of esters is 1. The van der Waals surface area contributed by atoms with Gasteiger partial charge in [-0.1, -0.05) is 29.8 Å². The van der Waals surface area contributed by atoms with Crippen LogP contribution < -0.4 is 14.8 Å². The number of anilines is 1. The summed E-state index contributed by atoms with van der Waals surface area (Å²) in [5, 5.41) is 3.67. The number of benzene rings is 2. The van der Waals surface area contributed by atoms with Crippen molar-refractivity contribution in [3.63, 3.8) is 0 Å². The number of aromatic nitrogens is 1. The van der Waals surface area contributed by atoms with Crippen LogP contribution >= 0.6 is 11.6 Å². The summed E-state index contributed by atoms with van der Waals surface area (Å²) in [7, 11) is 0. The van der Waals surface area contributed by atoms with E-state index in [0.29, 0.717) is 41.3 Å². The van der Waals surface area contributed by atoms with Gasteiger partial charge in [-0.2, -0.15) is 0 Å². The van der Waals surface area contributed by atoms with Gasteiger partial charge < -0.3 is 24.5 Å². The number of aromatic amines is 1. The van der Waals surface area contributed by atoms with Gasteiger partial charge in [0.2, 0.25) is 0 Å². The number of nitrogens with one attached hydrogen (secondary N) is 2. The Morgan fingerprint density at radius 1 is 1.14 bits per heavy atom. The average Bonchev–Trinajstić information content (AvgIpc) is 3.05. The third kappa shape index (κ3) is 3.48. The van der Waals surface area contributed by atoms with Gasteiger partial charge in [-0.3, -0.25) is 4.79 Å². The Hall–Kier alpha value is -3.19. The molecule has 7 nitrogen and oxygen atoms in total. The summed E-state index contributed by atoms with van der Waals surface area (Å²) < 4.78 is 16.2. The minimum Gasteiger partial charge on any atom is -0.486 e. The fraction of sp³-hybridized carbons (Fsp3) is 0.200. The number of fused-ring (bicyclic) bond motifs is 2. The Labute approximate surface area is 165 Å². The number of hydrogen-bond acceptors (Lipinski definition) is 5. The smallest absolute Gasteiger partial charge is 0.357 e. The van der Waals surface area contributed by atoms with Crippen LogP contribution in [0.15, 0.2) is 42.5 Å². The second kappa shape index (κ2) is 7.44. The van der Waals surface area contributed by atoms with Crippen molar-refractivity contribution in [2.45, 2.75) is 13.0 Å². The maximum absolute atomic E-state index is 12.4. The normalized spacial score (nSPS) is 13.8. The number of hydrogen-bond donors (Lipinski definition) is 2. The summed E-state index contributed by atoms with van der Waals surface area (Å²) >= 11 is 6.25. The molecule has 0 bridgehead atoms. The van der Waals surface area contributed by atoms with Crippen molar-refractivity contribution in [1.29, 1.82) is 0 Å². The highest BCUT2D eigenvalue weighted by atomic mass is 35.5. The van der Waals surface area contributed by atoms with Gasteiger partial charge >= 0.3 is 5.97 Å². The number of carbonyl (C=O) groups is 2. The monoisotopic (exact) mass is 400 g/mol. The van der Waals surface area contributed by atoms with Gasteiger partial charge in [0.25, 0.3) is 5.91 Å². The number of para-hydroxylation sites is 1. The van der Waals surface area contributed by atoms with Gasteiger partial charge in [-0.05, 0) is 25.1 Å². The van der Waals surface area contributed by atoms with Crippen molar-refractivity contribution in [3.8, 4) is 11.5 Å². The van der Waals surface area contributed by atoms with Crippen LogP contribution in [0.25, 0.3) is 10.9 Å². The van der Waals surface area contributed by atoms with Gasteiger partial charge in [0.15, 0.2) is 17.6 Å². The standard InChI is InChI=1S/C20H17ClN2O5/c1-11(19(24)22-12-6-7-15-16(10-12)27-9-8-26-15)28-20(25)18-17(21)13-4-2-3-5-14(13)23-18/h2-7,10-11,23H,8-9H2,1H3,(H,22,24). The van der Waals surface area contributed by atoms with Crippen molar-refractivity contribution >= 4 is 40.1 Å². The second-order valence-corrected chi connectivity index (χ2v) is 6.63. The molecule has 2 heterocycles. The lowest BCUT2D eigenvalue weighted by Crippen LogP contribution is -2.30. The number of amides is 1. The number of ether oxygens (including phenoxy) is 3. The second-order valence-electron chi connectivity index (χ2n) is 6.25. The average molecular weight is 401 g/mol. The fourth-order valence-corrected chi connectivity index (χ4v) is 3.18. The lowest BCUT2D eigenvalue weighted by molar-refractivity contribution is -0.123. The first-order valence-electron chi connectivity index (χ1n) is 8.70. The van der Waals surface area contributed by atoms with E-state index in [-0.39, 0.29) is 10.7 Å². The molecule has 2 N–H and O–H groups in total. The predicted octanol–water partition coefficient (Wildman–Crippen LogP) is 3.78. The largest absolute Gasteiger partial charge is 0.486 e. The third-order valence-electron chi connectivity index (χ3n) is 4.31. The van der Waals surface area contributed by atoms with Gasteiger partial charge in [0.05, 0.1) is 5.02 Å². The van der Waals surface area contributed by atoms with E-state index in [9.17, 15) is 9.59 Å². The molecule has 1 atom stereocenters. The summed E-state index contributed by atoms with van der Waals surface area (Å²) in [6.45, 7) is 2.42. The van der Waals surface area contributed by atoms with Crippen molar-refractivity contribution in [2.75, 3.05) is 18.5 Å². The summed E-state index contributed by atoms with van der Waals surface area (Å²) in [4.78, 5) is 27.8. The summed E-state index contributed by atoms with van der Waals surface area (Å²) in [5.41, 5.74) is 1.34. The molecule has 1 aliphatic heterocycles. The predicted molar refractivity (Wildman–Crippen MR) is 104 cm³/mol. The Kier molecular flexibility index (Phi) is 4.83. The van der Waals surface area contributed by atoms with E-state index in [1.165, 1.54) is 6.92 Å². The minimum atomic E-state index is -1.02. The van der Waals surface area contributed by atoms with Crippen LogP contribution in [0.4, 0.5) is 5.69 Å². The molecule has 1 aliphatic rings. The van der Waals surface area contributed by atoms with E-state index < -0.39 is 18.0 Å². The number of H-pyrrole nitrogens is 1. The van der Waals surface area contributed by atoms with Gasteiger partial charge in [0.1, 0.15) is 18.9 Å². The SMILES string of the molecule is CC(OC(=O)c1[nH]c2ccccc2c1Cl)C(=O)Nc1ccc2c(c1)OCCO2. The molecule has 0 fully saturated rings. The highest BCUT2D eigenvalue weighted by molar-refractivity contribution is 6.38. The van der Waals surface area contributed by atoms with Gasteiger partial charge in [0, 0.05) is 22.7 Å². The zero-order valence-electron chi connectivity index (χ0n) is 15.0. The number of carbonyl (C=O) groups excluding carboxylic acids is 2. The molecule has 1 aromatic heterocycles. The molecule has 1 amide bonds. The zero-order chi connectivity index (χ0) is 19.7. The van der Waals surface area contributed by atoms with Crippen LogP contribution in [0.5, 0.6) is 11.5 Å². The Morgan fingerprint density at radius 3 is 2.68 bits per heavy atom. The maximum atomic E-state index is 12.4. The Morgan fingerprint density at radius 2 is 1.89 bits per heavy atom. The fourth-order valence-electron chi connectivity index (χ4n) is 2.89. The number of halogens is 1. The summed E-state index contributed by atoms with van der Waals surface area (Å²) in [6, 6.07) is 12.3. The lowest BCUT2D eigenvalue weighted by atomic mass is 10.2. The van der Waals surface area contributed by atoms with Crippen LogP contribution in [-0.2, 0) is 9.53 Å². The molecular weight excluding hydrogens is 384 g/mol. The van der Waals surface area contributed by atoms with Crippen LogP contribution in [0.1, 0.15) is 17.4 Å². The third-order valence-corrected chi connectivity index (χ3v) is 4.70. The van der Waals surface area contributed by atoms with Crippen molar-refractivity contribution in [2.24, 2.45) is 0 Å². The lowest BCUT2D eigenvalue weighted by Gasteiger charge is -2.19. The maximum Gasteiger partial charge on any atom is 0.357 e. The van der Waals surface area contributed by atoms with Crippen molar-refractivity contribution in [3.05, 3.63) is 53.2 Å². The Bertz CT molecular complexity index is 1060. The molecule has 0 radical (unpaired) electrons. The van der Waals surface area contributed by atoms with E-state index in [0.717, 1.165) is 0 Å². The summed E-state index contributed by atoms with van der Waals surface area (Å²) in [5.74, 6) is -0.000908. The van der Waals surface area contributed by atoms with E-state index in [1.54, 1.807) is 30.3 Å². The van der Waals surface area contributed by atoms with E-state index in [1.807, 2.05) is 12.1 Å². The molecular formula is C20H17ClN2O5. The molecule has 3 aromatic rings. The quantitative estimate of drug-likeness (QED) is 0.650. The highest BCUT2D eigenvalue weighted by Gasteiger charge is 2.23. The van der Waals surface area contributed by atoms with Crippen molar-refractivity contribution in [1.82, 2.24) is 4.98 Å². The molecule has 4 rings (SSSR count). The number of rotatable bonds is 4. The van der Waals surface area contributed by atoms with E-state index in [4.69, 9.17) is 25.8 Å². The summed E-state index contributed by atoms with van der Waals surface area (Å²) in [6.07, 6.45) is -1.02.